The van der Waals surface area contributed by atoms with Crippen molar-refractivity contribution in [1.82, 2.24) is 9.78 Å². The minimum atomic E-state index is -0.469. The van der Waals surface area contributed by atoms with Crippen molar-refractivity contribution in [3.05, 3.63) is 42.2 Å². The van der Waals surface area contributed by atoms with Gasteiger partial charge in [0.15, 0.2) is 5.69 Å². The number of hydrogen-bond acceptors (Lipinski definition) is 5. The van der Waals surface area contributed by atoms with E-state index in [0.29, 0.717) is 12.3 Å². The third-order valence-corrected chi connectivity index (χ3v) is 2.67. The van der Waals surface area contributed by atoms with Gasteiger partial charge in [-0.05, 0) is 37.3 Å². The van der Waals surface area contributed by atoms with Crippen LogP contribution >= 0.6 is 0 Å². The number of ether oxygens (including phenoxy) is 2. The molecule has 2 N–H and O–H groups in total. The Kier molecular flexibility index (Phi) is 4.37. The largest absolute Gasteiger partial charge is 0.455 e. The van der Waals surface area contributed by atoms with Crippen LogP contribution in [0.15, 0.2) is 36.5 Å². The van der Waals surface area contributed by atoms with Crippen molar-refractivity contribution in [2.75, 3.05) is 19.5 Å². The molecule has 2 rings (SSSR count). The molecular weight excluding hydrogens is 258 g/mol. The molecule has 6 nitrogen and oxygen atoms in total. The summed E-state index contributed by atoms with van der Waals surface area (Å²) in [4.78, 5) is 11.9. The van der Waals surface area contributed by atoms with Gasteiger partial charge in [0.25, 0.3) is 0 Å². The van der Waals surface area contributed by atoms with Crippen molar-refractivity contribution in [1.29, 1.82) is 0 Å². The summed E-state index contributed by atoms with van der Waals surface area (Å²) in [6, 6.07) is 8.81. The molecule has 1 unspecified atom stereocenters. The number of nitrogens with zero attached hydrogens (tertiary/aromatic N) is 2. The molecule has 0 bridgehead atoms. The van der Waals surface area contributed by atoms with Crippen molar-refractivity contribution in [3.8, 4) is 5.69 Å². The molecule has 0 saturated carbocycles. The van der Waals surface area contributed by atoms with Gasteiger partial charge in [-0.15, -0.1) is 0 Å². The number of carbonyl (C=O) groups is 1. The second-order valence-corrected chi connectivity index (χ2v) is 4.41. The highest BCUT2D eigenvalue weighted by molar-refractivity contribution is 5.87. The number of aromatic nitrogens is 2. The van der Waals surface area contributed by atoms with Crippen molar-refractivity contribution in [2.45, 2.75) is 13.0 Å². The molecule has 1 aromatic carbocycles. The van der Waals surface area contributed by atoms with Crippen LogP contribution in [0.5, 0.6) is 0 Å². The second-order valence-electron chi connectivity index (χ2n) is 4.41. The summed E-state index contributed by atoms with van der Waals surface area (Å²) in [5, 5.41) is 4.18. The van der Waals surface area contributed by atoms with Crippen LogP contribution in [0.3, 0.4) is 0 Å². The van der Waals surface area contributed by atoms with Crippen LogP contribution in [0.1, 0.15) is 17.4 Å². The molecule has 0 radical (unpaired) electrons. The maximum absolute atomic E-state index is 11.9. The zero-order valence-corrected chi connectivity index (χ0v) is 11.4. The van der Waals surface area contributed by atoms with Crippen molar-refractivity contribution in [2.24, 2.45) is 0 Å². The molecule has 0 aliphatic heterocycles. The Balaban J connectivity index is 2.08. The predicted molar refractivity (Wildman–Crippen MR) is 74.7 cm³/mol. The maximum atomic E-state index is 11.9. The van der Waals surface area contributed by atoms with Crippen molar-refractivity contribution < 1.29 is 14.3 Å². The first-order chi connectivity index (χ1) is 9.60. The monoisotopic (exact) mass is 275 g/mol. The van der Waals surface area contributed by atoms with Crippen LogP contribution in [0.4, 0.5) is 5.69 Å². The van der Waals surface area contributed by atoms with E-state index in [0.717, 1.165) is 5.69 Å². The molecule has 0 fully saturated rings. The van der Waals surface area contributed by atoms with Gasteiger partial charge in [0.2, 0.25) is 0 Å². The first kappa shape index (κ1) is 14.1. The summed E-state index contributed by atoms with van der Waals surface area (Å²) in [6.45, 7) is 2.11. The van der Waals surface area contributed by atoms with Crippen LogP contribution in [0, 0.1) is 0 Å². The quantitative estimate of drug-likeness (QED) is 0.663. The van der Waals surface area contributed by atoms with E-state index >= 15 is 0 Å². The minimum absolute atomic E-state index is 0.254. The molecule has 1 atom stereocenters. The highest BCUT2D eigenvalue weighted by Crippen LogP contribution is 2.11. The highest BCUT2D eigenvalue weighted by atomic mass is 16.6. The van der Waals surface area contributed by atoms with Crippen LogP contribution in [0.2, 0.25) is 0 Å². The Bertz CT molecular complexity index is 578. The number of rotatable bonds is 5. The molecule has 20 heavy (non-hydrogen) atoms. The number of anilines is 1. The van der Waals surface area contributed by atoms with Gasteiger partial charge in [-0.2, -0.15) is 5.10 Å². The summed E-state index contributed by atoms with van der Waals surface area (Å²) in [6.07, 6.45) is 1.39. The molecule has 1 heterocycles. The summed E-state index contributed by atoms with van der Waals surface area (Å²) in [5.74, 6) is -0.469. The molecule has 6 heteroatoms. The average molecular weight is 275 g/mol. The van der Waals surface area contributed by atoms with Crippen molar-refractivity contribution in [3.63, 3.8) is 0 Å². The van der Waals surface area contributed by atoms with Gasteiger partial charge in [0.1, 0.15) is 6.10 Å². The Hall–Kier alpha value is -2.34. The summed E-state index contributed by atoms with van der Waals surface area (Å²) >= 11 is 0. The molecule has 0 amide bonds. The molecule has 2 aromatic rings. The Morgan fingerprint density at radius 2 is 2.05 bits per heavy atom. The van der Waals surface area contributed by atoms with Gasteiger partial charge in [0.05, 0.1) is 12.3 Å². The number of nitrogens with two attached hydrogens (primary N) is 1. The fourth-order valence-electron chi connectivity index (χ4n) is 1.72. The molecule has 1 aromatic heterocycles. The first-order valence-electron chi connectivity index (χ1n) is 6.21. The molecule has 0 aliphatic carbocycles. The van der Waals surface area contributed by atoms with E-state index < -0.39 is 5.97 Å². The number of nitrogen functional groups attached to an aromatic ring is 1. The maximum Gasteiger partial charge on any atom is 0.359 e. The average Bonchev–Trinajstić information content (AvgIpc) is 2.89. The van der Waals surface area contributed by atoms with Gasteiger partial charge in [-0.3, -0.25) is 0 Å². The SMILES string of the molecule is COCC(C)OC(=O)c1ccn(-c2ccc(N)cc2)n1. The number of esters is 1. The van der Waals surface area contributed by atoms with Crippen LogP contribution in [-0.2, 0) is 9.47 Å². The highest BCUT2D eigenvalue weighted by Gasteiger charge is 2.15. The van der Waals surface area contributed by atoms with Gasteiger partial charge in [-0.1, -0.05) is 0 Å². The lowest BCUT2D eigenvalue weighted by Gasteiger charge is -2.10. The van der Waals surface area contributed by atoms with E-state index in [1.807, 2.05) is 12.1 Å². The molecular formula is C14H17N3O3. The summed E-state index contributed by atoms with van der Waals surface area (Å²) < 4.78 is 11.7. The zero-order valence-electron chi connectivity index (χ0n) is 11.4. The van der Waals surface area contributed by atoms with E-state index in [4.69, 9.17) is 15.2 Å². The lowest BCUT2D eigenvalue weighted by molar-refractivity contribution is 0.0114. The molecule has 0 spiro atoms. The van der Waals surface area contributed by atoms with E-state index in [-0.39, 0.29) is 11.8 Å². The first-order valence-corrected chi connectivity index (χ1v) is 6.21. The Labute approximate surface area is 117 Å². The van der Waals surface area contributed by atoms with Gasteiger partial charge >= 0.3 is 5.97 Å². The normalized spacial score (nSPS) is 12.1. The van der Waals surface area contributed by atoms with E-state index in [1.165, 1.54) is 0 Å². The second kappa shape index (κ2) is 6.21. The fourth-order valence-corrected chi connectivity index (χ4v) is 1.72. The van der Waals surface area contributed by atoms with Gasteiger partial charge in [0, 0.05) is 19.0 Å². The van der Waals surface area contributed by atoms with Crippen LogP contribution in [0.25, 0.3) is 5.69 Å². The molecule has 0 aliphatic rings. The van der Waals surface area contributed by atoms with Crippen molar-refractivity contribution >= 4 is 11.7 Å². The Morgan fingerprint density at radius 3 is 2.70 bits per heavy atom. The standard InChI is InChI=1S/C14H17N3O3/c1-10(9-19-2)20-14(18)13-7-8-17(16-13)12-5-3-11(15)4-6-12/h3-8,10H,9,15H2,1-2H3. The summed E-state index contributed by atoms with van der Waals surface area (Å²) in [7, 11) is 1.56. The molecule has 106 valence electrons. The lowest BCUT2D eigenvalue weighted by Crippen LogP contribution is -2.20. The van der Waals surface area contributed by atoms with E-state index in [2.05, 4.69) is 5.10 Å². The number of carbonyl (C=O) groups excluding carboxylic acids is 1. The minimum Gasteiger partial charge on any atom is -0.455 e. The smallest absolute Gasteiger partial charge is 0.359 e. The van der Waals surface area contributed by atoms with E-state index in [1.54, 1.807) is 43.1 Å². The zero-order chi connectivity index (χ0) is 14.5. The predicted octanol–water partition coefficient (Wildman–Crippen LogP) is 1.65. The van der Waals surface area contributed by atoms with E-state index in [9.17, 15) is 4.79 Å². The Morgan fingerprint density at radius 1 is 1.35 bits per heavy atom. The summed E-state index contributed by atoms with van der Waals surface area (Å²) in [5.41, 5.74) is 7.38. The number of methoxy groups -OCH3 is 1. The lowest BCUT2D eigenvalue weighted by atomic mass is 10.3. The number of benzene rings is 1. The van der Waals surface area contributed by atoms with Crippen LogP contribution in [-0.4, -0.2) is 35.6 Å². The fraction of sp³-hybridized carbons (Fsp3) is 0.286. The number of hydrogen-bond donors (Lipinski definition) is 1. The molecule has 0 saturated heterocycles. The van der Waals surface area contributed by atoms with Crippen LogP contribution < -0.4 is 5.73 Å². The van der Waals surface area contributed by atoms with Gasteiger partial charge in [-0.25, -0.2) is 9.48 Å². The van der Waals surface area contributed by atoms with Gasteiger partial charge < -0.3 is 15.2 Å². The third-order valence-electron chi connectivity index (χ3n) is 2.67. The topological polar surface area (TPSA) is 79.4 Å². The third kappa shape index (κ3) is 3.36.